The molecule has 1 unspecified atom stereocenters. The van der Waals surface area contributed by atoms with E-state index in [0.29, 0.717) is 5.92 Å². The van der Waals surface area contributed by atoms with Crippen molar-refractivity contribution in [2.75, 3.05) is 20.2 Å². The highest BCUT2D eigenvalue weighted by Crippen LogP contribution is 2.19. The highest BCUT2D eigenvalue weighted by Gasteiger charge is 2.13. The van der Waals surface area contributed by atoms with E-state index in [-0.39, 0.29) is 0 Å². The zero-order valence-electron chi connectivity index (χ0n) is 13.1. The van der Waals surface area contributed by atoms with E-state index in [1.807, 2.05) is 12.1 Å². The monoisotopic (exact) mass is 304 g/mol. The van der Waals surface area contributed by atoms with Crippen LogP contribution in [0.3, 0.4) is 0 Å². The van der Waals surface area contributed by atoms with Crippen molar-refractivity contribution >= 4 is 11.3 Å². The van der Waals surface area contributed by atoms with Gasteiger partial charge in [0.1, 0.15) is 5.75 Å². The summed E-state index contributed by atoms with van der Waals surface area (Å²) in [5.41, 5.74) is 2.48. The first-order valence-electron chi connectivity index (χ1n) is 7.46. The Morgan fingerprint density at radius 2 is 2.00 bits per heavy atom. The van der Waals surface area contributed by atoms with Gasteiger partial charge in [-0.3, -0.25) is 0 Å². The number of benzene rings is 1. The Morgan fingerprint density at radius 3 is 2.57 bits per heavy atom. The molecule has 0 saturated carbocycles. The molecule has 0 radical (unpaired) electrons. The molecule has 114 valence electrons. The maximum Gasteiger partial charge on any atom is 0.118 e. The summed E-state index contributed by atoms with van der Waals surface area (Å²) in [5, 5.41) is 6.84. The van der Waals surface area contributed by atoms with Crippen LogP contribution in [0.1, 0.15) is 23.2 Å². The van der Waals surface area contributed by atoms with Crippen LogP contribution in [0.4, 0.5) is 0 Å². The van der Waals surface area contributed by atoms with Crippen molar-refractivity contribution < 1.29 is 4.74 Å². The summed E-state index contributed by atoms with van der Waals surface area (Å²) in [6.07, 6.45) is 2.10. The number of nitrogens with zero attached hydrogens (tertiary/aromatic N) is 1. The maximum absolute atomic E-state index is 5.22. The minimum absolute atomic E-state index is 0.573. The van der Waals surface area contributed by atoms with Gasteiger partial charge in [-0.25, -0.2) is 4.98 Å². The molecule has 0 fully saturated rings. The van der Waals surface area contributed by atoms with E-state index in [2.05, 4.69) is 41.7 Å². The minimum Gasteiger partial charge on any atom is -0.497 e. The molecule has 2 aromatic rings. The number of nitrogens with one attached hydrogen (secondary N) is 1. The quantitative estimate of drug-likeness (QED) is 0.811. The summed E-state index contributed by atoms with van der Waals surface area (Å²) in [4.78, 5) is 4.60. The smallest absolute Gasteiger partial charge is 0.118 e. The van der Waals surface area contributed by atoms with Gasteiger partial charge in [-0.15, -0.1) is 11.3 Å². The number of rotatable bonds is 8. The molecule has 0 saturated heterocycles. The Balaban J connectivity index is 2.00. The lowest BCUT2D eigenvalue weighted by Crippen LogP contribution is -2.25. The molecule has 0 aliphatic carbocycles. The molecule has 0 aliphatic rings. The SMILES string of the molecule is CCNCC(Cc1ccc(OC)cc1)Cc1nc(C)cs1. The van der Waals surface area contributed by atoms with Gasteiger partial charge in [0, 0.05) is 17.5 Å². The lowest BCUT2D eigenvalue weighted by atomic mass is 9.96. The number of ether oxygens (including phenoxy) is 1. The van der Waals surface area contributed by atoms with Crippen LogP contribution >= 0.6 is 11.3 Å². The molecule has 4 heteroatoms. The summed E-state index contributed by atoms with van der Waals surface area (Å²) in [7, 11) is 1.70. The van der Waals surface area contributed by atoms with Crippen LogP contribution in [-0.2, 0) is 12.8 Å². The molecule has 1 aromatic carbocycles. The molecule has 1 N–H and O–H groups in total. The second-order valence-corrected chi connectivity index (χ2v) is 6.26. The van der Waals surface area contributed by atoms with Crippen molar-refractivity contribution in [2.45, 2.75) is 26.7 Å². The van der Waals surface area contributed by atoms with Crippen molar-refractivity contribution in [3.8, 4) is 5.75 Å². The molecule has 0 spiro atoms. The molecule has 0 aliphatic heterocycles. The Labute approximate surface area is 131 Å². The van der Waals surface area contributed by atoms with Gasteiger partial charge in [0.2, 0.25) is 0 Å². The van der Waals surface area contributed by atoms with Gasteiger partial charge in [0.25, 0.3) is 0 Å². The number of hydrogen-bond acceptors (Lipinski definition) is 4. The van der Waals surface area contributed by atoms with E-state index < -0.39 is 0 Å². The Bertz CT molecular complexity index is 536. The Hall–Kier alpha value is -1.39. The third kappa shape index (κ3) is 5.14. The molecule has 0 amide bonds. The van der Waals surface area contributed by atoms with Crippen LogP contribution in [0.5, 0.6) is 5.75 Å². The van der Waals surface area contributed by atoms with Crippen molar-refractivity contribution in [3.63, 3.8) is 0 Å². The van der Waals surface area contributed by atoms with Crippen LogP contribution in [-0.4, -0.2) is 25.2 Å². The average Bonchev–Trinajstić information content (AvgIpc) is 2.90. The predicted octanol–water partition coefficient (Wildman–Crippen LogP) is 3.47. The molecule has 2 rings (SSSR count). The fourth-order valence-corrected chi connectivity index (χ4v) is 3.29. The fraction of sp³-hybridized carbons (Fsp3) is 0.471. The summed E-state index contributed by atoms with van der Waals surface area (Å²) < 4.78 is 5.22. The molecule has 1 atom stereocenters. The molecule has 3 nitrogen and oxygen atoms in total. The molecule has 21 heavy (non-hydrogen) atoms. The van der Waals surface area contributed by atoms with E-state index in [9.17, 15) is 0 Å². The van der Waals surface area contributed by atoms with Crippen LogP contribution in [0.15, 0.2) is 29.6 Å². The molecule has 1 heterocycles. The molecule has 0 bridgehead atoms. The highest BCUT2D eigenvalue weighted by atomic mass is 32.1. The van der Waals surface area contributed by atoms with Gasteiger partial charge in [-0.2, -0.15) is 0 Å². The van der Waals surface area contributed by atoms with E-state index in [1.54, 1.807) is 18.4 Å². The first-order valence-corrected chi connectivity index (χ1v) is 8.34. The second-order valence-electron chi connectivity index (χ2n) is 5.31. The van der Waals surface area contributed by atoms with Gasteiger partial charge in [-0.1, -0.05) is 19.1 Å². The lowest BCUT2D eigenvalue weighted by Gasteiger charge is -2.16. The summed E-state index contributed by atoms with van der Waals surface area (Å²) in [6.45, 7) is 6.25. The van der Waals surface area contributed by atoms with E-state index >= 15 is 0 Å². The summed E-state index contributed by atoms with van der Waals surface area (Å²) in [6, 6.07) is 8.39. The third-order valence-electron chi connectivity index (χ3n) is 3.50. The van der Waals surface area contributed by atoms with E-state index in [0.717, 1.165) is 37.4 Å². The van der Waals surface area contributed by atoms with Crippen LogP contribution in [0.2, 0.25) is 0 Å². The van der Waals surface area contributed by atoms with Crippen molar-refractivity contribution in [2.24, 2.45) is 5.92 Å². The van der Waals surface area contributed by atoms with Gasteiger partial charge < -0.3 is 10.1 Å². The average molecular weight is 304 g/mol. The molecule has 1 aromatic heterocycles. The summed E-state index contributed by atoms with van der Waals surface area (Å²) in [5.74, 6) is 1.49. The number of aryl methyl sites for hydroxylation is 1. The van der Waals surface area contributed by atoms with Crippen LogP contribution in [0.25, 0.3) is 0 Å². The number of methoxy groups -OCH3 is 1. The highest BCUT2D eigenvalue weighted by molar-refractivity contribution is 7.09. The fourth-order valence-electron chi connectivity index (χ4n) is 2.40. The van der Waals surface area contributed by atoms with Gasteiger partial charge in [-0.05, 0) is 50.0 Å². The summed E-state index contributed by atoms with van der Waals surface area (Å²) >= 11 is 1.77. The van der Waals surface area contributed by atoms with Crippen molar-refractivity contribution in [1.29, 1.82) is 0 Å². The Morgan fingerprint density at radius 1 is 1.24 bits per heavy atom. The lowest BCUT2D eigenvalue weighted by molar-refractivity contribution is 0.414. The topological polar surface area (TPSA) is 34.1 Å². The van der Waals surface area contributed by atoms with Crippen LogP contribution in [0, 0.1) is 12.8 Å². The van der Waals surface area contributed by atoms with Gasteiger partial charge in [0.15, 0.2) is 0 Å². The predicted molar refractivity (Wildman–Crippen MR) is 89.3 cm³/mol. The van der Waals surface area contributed by atoms with Crippen molar-refractivity contribution in [1.82, 2.24) is 10.3 Å². The zero-order chi connectivity index (χ0) is 15.1. The molecular weight excluding hydrogens is 280 g/mol. The number of aromatic nitrogens is 1. The third-order valence-corrected chi connectivity index (χ3v) is 4.49. The van der Waals surface area contributed by atoms with Crippen molar-refractivity contribution in [3.05, 3.63) is 45.9 Å². The standard InChI is InChI=1S/C17H24N2OS/c1-4-18-11-15(10-17-19-13(2)12-21-17)9-14-5-7-16(20-3)8-6-14/h5-8,12,15,18H,4,9-11H2,1-3H3. The minimum atomic E-state index is 0.573. The zero-order valence-corrected chi connectivity index (χ0v) is 13.9. The van der Waals surface area contributed by atoms with Crippen LogP contribution < -0.4 is 10.1 Å². The largest absolute Gasteiger partial charge is 0.497 e. The first-order chi connectivity index (χ1) is 10.2. The second kappa shape index (κ2) is 8.15. The Kier molecular flexibility index (Phi) is 6.21. The van der Waals surface area contributed by atoms with Gasteiger partial charge in [0.05, 0.1) is 12.1 Å². The first kappa shape index (κ1) is 16.0. The number of hydrogen-bond donors (Lipinski definition) is 1. The van der Waals surface area contributed by atoms with E-state index in [1.165, 1.54) is 10.6 Å². The van der Waals surface area contributed by atoms with Gasteiger partial charge >= 0.3 is 0 Å². The van der Waals surface area contributed by atoms with E-state index in [4.69, 9.17) is 4.74 Å². The molecular formula is C17H24N2OS. The number of thiazole rings is 1. The normalized spacial score (nSPS) is 12.3. The maximum atomic E-state index is 5.22.